The van der Waals surface area contributed by atoms with Gasteiger partial charge in [-0.15, -0.1) is 0 Å². The van der Waals surface area contributed by atoms with Gasteiger partial charge in [-0.3, -0.25) is 0 Å². The minimum Gasteiger partial charge on any atom is -0.334 e. The Bertz CT molecular complexity index is 535. The molecule has 2 aliphatic heterocycles. The first-order valence-corrected chi connectivity index (χ1v) is 7.81. The molecule has 1 fully saturated rings. The summed E-state index contributed by atoms with van der Waals surface area (Å²) in [5.41, 5.74) is 6.62. The van der Waals surface area contributed by atoms with Gasteiger partial charge in [-0.25, -0.2) is 13.4 Å². The number of hydrogen-bond donors (Lipinski definition) is 1. The summed E-state index contributed by atoms with van der Waals surface area (Å²) in [6.45, 7) is 0.857. The van der Waals surface area contributed by atoms with E-state index in [1.807, 2.05) is 6.20 Å². The van der Waals surface area contributed by atoms with Crippen LogP contribution < -0.4 is 5.73 Å². The van der Waals surface area contributed by atoms with Crippen molar-refractivity contribution < 1.29 is 8.42 Å². The molecule has 0 bridgehead atoms. The lowest BCUT2D eigenvalue weighted by Crippen LogP contribution is -2.30. The predicted octanol–water partition coefficient (Wildman–Crippen LogP) is 0.406. The Hall–Kier alpha value is -0.880. The number of rotatable bonds is 1. The molecule has 0 spiro atoms. The van der Waals surface area contributed by atoms with Gasteiger partial charge in [0.25, 0.3) is 0 Å². The number of hydrogen-bond acceptors (Lipinski definition) is 4. The smallest absolute Gasteiger partial charge is 0.158 e. The van der Waals surface area contributed by atoms with E-state index >= 15 is 0 Å². The van der Waals surface area contributed by atoms with Crippen LogP contribution in [-0.2, 0) is 22.8 Å². The molecule has 2 aliphatic rings. The first-order chi connectivity index (χ1) is 8.06. The number of aryl methyl sites for hydroxylation is 1. The fourth-order valence-electron chi connectivity index (χ4n) is 2.75. The van der Waals surface area contributed by atoms with E-state index in [0.717, 1.165) is 37.3 Å². The minimum atomic E-state index is -2.96. The van der Waals surface area contributed by atoms with Crippen LogP contribution in [-0.4, -0.2) is 29.8 Å². The zero-order chi connectivity index (χ0) is 12.0. The van der Waals surface area contributed by atoms with Crippen molar-refractivity contribution in [3.63, 3.8) is 0 Å². The van der Waals surface area contributed by atoms with Crippen LogP contribution in [0.5, 0.6) is 0 Å². The fourth-order valence-corrected chi connectivity index (χ4v) is 4.61. The van der Waals surface area contributed by atoms with Crippen molar-refractivity contribution in [1.82, 2.24) is 9.55 Å². The second kappa shape index (κ2) is 3.81. The Balaban J connectivity index is 1.95. The van der Waals surface area contributed by atoms with Gasteiger partial charge in [-0.2, -0.15) is 0 Å². The maximum Gasteiger partial charge on any atom is 0.158 e. The molecular formula is C11H17N3O2S. The van der Waals surface area contributed by atoms with Crippen molar-refractivity contribution in [2.24, 2.45) is 5.73 Å². The van der Waals surface area contributed by atoms with Crippen molar-refractivity contribution >= 4 is 9.84 Å². The van der Waals surface area contributed by atoms with Crippen molar-refractivity contribution in [1.29, 1.82) is 0 Å². The van der Waals surface area contributed by atoms with Gasteiger partial charge in [0.15, 0.2) is 9.84 Å². The summed E-state index contributed by atoms with van der Waals surface area (Å²) >= 11 is 0. The van der Waals surface area contributed by atoms with Gasteiger partial charge in [-0.05, 0) is 19.3 Å². The zero-order valence-corrected chi connectivity index (χ0v) is 10.5. The zero-order valence-electron chi connectivity index (χ0n) is 9.67. The standard InChI is InChI=1S/C11H17N3O2S/c12-8-3-4-14-7-9(13-11(14)6-8)10-2-1-5-17(10,15)16/h7-8,10H,1-6,12H2. The molecule has 2 N–H and O–H groups in total. The molecule has 0 aliphatic carbocycles. The van der Waals surface area contributed by atoms with E-state index in [1.165, 1.54) is 0 Å². The first-order valence-electron chi connectivity index (χ1n) is 6.09. The van der Waals surface area contributed by atoms with Crippen LogP contribution >= 0.6 is 0 Å². The predicted molar refractivity (Wildman–Crippen MR) is 64.3 cm³/mol. The van der Waals surface area contributed by atoms with Gasteiger partial charge < -0.3 is 10.3 Å². The summed E-state index contributed by atoms with van der Waals surface area (Å²) in [4.78, 5) is 4.48. The summed E-state index contributed by atoms with van der Waals surface area (Å²) in [5.74, 6) is 1.25. The average molecular weight is 255 g/mol. The van der Waals surface area contributed by atoms with Crippen LogP contribution in [0.2, 0.25) is 0 Å². The molecular weight excluding hydrogens is 238 g/mol. The summed E-state index contributed by atoms with van der Waals surface area (Å²) < 4.78 is 25.8. The van der Waals surface area contributed by atoms with Gasteiger partial charge >= 0.3 is 0 Å². The Morgan fingerprint density at radius 2 is 2.24 bits per heavy atom. The van der Waals surface area contributed by atoms with Gasteiger partial charge in [0.2, 0.25) is 0 Å². The second-order valence-corrected chi connectivity index (χ2v) is 7.33. The molecule has 94 valence electrons. The van der Waals surface area contributed by atoms with Crippen LogP contribution in [0, 0.1) is 0 Å². The number of nitrogens with two attached hydrogens (primary N) is 1. The Labute approximate surface area is 101 Å². The third-order valence-electron chi connectivity index (χ3n) is 3.72. The molecule has 1 saturated heterocycles. The maximum absolute atomic E-state index is 11.9. The van der Waals surface area contributed by atoms with Gasteiger partial charge in [0.1, 0.15) is 11.1 Å². The Morgan fingerprint density at radius 3 is 2.94 bits per heavy atom. The molecule has 3 heterocycles. The van der Waals surface area contributed by atoms with E-state index < -0.39 is 9.84 Å². The highest BCUT2D eigenvalue weighted by Gasteiger charge is 2.35. The summed E-state index contributed by atoms with van der Waals surface area (Å²) in [7, 11) is -2.96. The quantitative estimate of drug-likeness (QED) is 0.788. The van der Waals surface area contributed by atoms with Crippen LogP contribution in [0.25, 0.3) is 0 Å². The molecule has 1 aromatic heterocycles. The molecule has 0 amide bonds. The molecule has 2 unspecified atom stereocenters. The second-order valence-electron chi connectivity index (χ2n) is 5.03. The molecule has 17 heavy (non-hydrogen) atoms. The molecule has 3 rings (SSSR count). The maximum atomic E-state index is 11.9. The van der Waals surface area contributed by atoms with Crippen LogP contribution in [0.3, 0.4) is 0 Å². The lowest BCUT2D eigenvalue weighted by Gasteiger charge is -2.18. The van der Waals surface area contributed by atoms with Crippen LogP contribution in [0.4, 0.5) is 0 Å². The molecule has 0 radical (unpaired) electrons. The van der Waals surface area contributed by atoms with E-state index in [4.69, 9.17) is 5.73 Å². The van der Waals surface area contributed by atoms with E-state index in [2.05, 4.69) is 9.55 Å². The molecule has 5 nitrogen and oxygen atoms in total. The van der Waals surface area contributed by atoms with E-state index in [-0.39, 0.29) is 11.3 Å². The van der Waals surface area contributed by atoms with Gasteiger partial charge in [-0.1, -0.05) is 0 Å². The fraction of sp³-hybridized carbons (Fsp3) is 0.727. The lowest BCUT2D eigenvalue weighted by atomic mass is 10.1. The molecule has 0 aromatic carbocycles. The highest BCUT2D eigenvalue weighted by molar-refractivity contribution is 7.91. The highest BCUT2D eigenvalue weighted by Crippen LogP contribution is 2.34. The number of sulfone groups is 1. The monoisotopic (exact) mass is 255 g/mol. The first kappa shape index (κ1) is 11.2. The minimum absolute atomic E-state index is 0.165. The third-order valence-corrected chi connectivity index (χ3v) is 5.92. The van der Waals surface area contributed by atoms with Crippen LogP contribution in [0.15, 0.2) is 6.20 Å². The number of imidazole rings is 1. The van der Waals surface area contributed by atoms with Crippen LogP contribution in [0.1, 0.15) is 36.0 Å². The average Bonchev–Trinajstić information content (AvgIpc) is 2.79. The summed E-state index contributed by atoms with van der Waals surface area (Å²) in [6.07, 6.45) is 5.08. The lowest BCUT2D eigenvalue weighted by molar-refractivity contribution is 0.463. The summed E-state index contributed by atoms with van der Waals surface area (Å²) in [6, 6.07) is 0.165. The number of nitrogens with zero attached hydrogens (tertiary/aromatic N) is 2. The molecule has 0 saturated carbocycles. The normalized spacial score (nSPS) is 31.4. The van der Waals surface area contributed by atoms with Gasteiger partial charge in [0, 0.05) is 25.2 Å². The molecule has 2 atom stereocenters. The highest BCUT2D eigenvalue weighted by atomic mass is 32.2. The Morgan fingerprint density at radius 1 is 1.41 bits per heavy atom. The van der Waals surface area contributed by atoms with Gasteiger partial charge in [0.05, 0.1) is 11.4 Å². The van der Waals surface area contributed by atoms with Crippen molar-refractivity contribution in [3.05, 3.63) is 17.7 Å². The topological polar surface area (TPSA) is 78.0 Å². The largest absolute Gasteiger partial charge is 0.334 e. The summed E-state index contributed by atoms with van der Waals surface area (Å²) in [5, 5.41) is -0.378. The molecule has 1 aromatic rings. The van der Waals surface area contributed by atoms with E-state index in [1.54, 1.807) is 0 Å². The van der Waals surface area contributed by atoms with Crippen molar-refractivity contribution in [3.8, 4) is 0 Å². The SMILES string of the molecule is NC1CCn2cc(C3CCCS3(=O)=O)nc2C1. The van der Waals surface area contributed by atoms with Crippen molar-refractivity contribution in [2.45, 2.75) is 43.5 Å². The van der Waals surface area contributed by atoms with E-state index in [0.29, 0.717) is 12.2 Å². The third kappa shape index (κ3) is 1.89. The van der Waals surface area contributed by atoms with Crippen molar-refractivity contribution in [2.75, 3.05) is 5.75 Å². The number of aromatic nitrogens is 2. The van der Waals surface area contributed by atoms with E-state index in [9.17, 15) is 8.42 Å². The molecule has 6 heteroatoms. The number of fused-ring (bicyclic) bond motifs is 1. The Kier molecular flexibility index (Phi) is 2.52.